The van der Waals surface area contributed by atoms with Gasteiger partial charge in [-0.2, -0.15) is 0 Å². The van der Waals surface area contributed by atoms with Crippen molar-refractivity contribution < 1.29 is 14.3 Å². The Morgan fingerprint density at radius 2 is 2.15 bits per heavy atom. The summed E-state index contributed by atoms with van der Waals surface area (Å²) in [6, 6.07) is 7.14. The Bertz CT molecular complexity index is 851. The zero-order valence-corrected chi connectivity index (χ0v) is 15.8. The highest BCUT2D eigenvalue weighted by Crippen LogP contribution is 2.49. The van der Waals surface area contributed by atoms with E-state index in [-0.39, 0.29) is 0 Å². The largest absolute Gasteiger partial charge is 0.466 e. The molecular formula is C19H18Cl2N2O3. The van der Waals surface area contributed by atoms with Gasteiger partial charge in [-0.05, 0) is 37.6 Å². The molecule has 0 amide bonds. The van der Waals surface area contributed by atoms with Crippen molar-refractivity contribution in [2.45, 2.75) is 38.5 Å². The number of nitrogens with zero attached hydrogens (tertiary/aromatic N) is 2. The van der Waals surface area contributed by atoms with Crippen molar-refractivity contribution in [2.75, 3.05) is 11.5 Å². The Labute approximate surface area is 161 Å². The van der Waals surface area contributed by atoms with E-state index < -0.39 is 11.7 Å². The van der Waals surface area contributed by atoms with E-state index in [1.165, 1.54) is 0 Å². The molecule has 136 valence electrons. The van der Waals surface area contributed by atoms with Gasteiger partial charge in [0.15, 0.2) is 5.72 Å². The first-order chi connectivity index (χ1) is 12.5. The number of benzene rings is 1. The Morgan fingerprint density at radius 1 is 1.35 bits per heavy atom. The van der Waals surface area contributed by atoms with Gasteiger partial charge >= 0.3 is 5.97 Å². The summed E-state index contributed by atoms with van der Waals surface area (Å²) in [4.78, 5) is 18.3. The molecule has 26 heavy (non-hydrogen) atoms. The van der Waals surface area contributed by atoms with Crippen LogP contribution >= 0.6 is 23.2 Å². The minimum Gasteiger partial charge on any atom is -0.466 e. The average Bonchev–Trinajstić information content (AvgIpc) is 2.59. The van der Waals surface area contributed by atoms with Crippen molar-refractivity contribution in [1.82, 2.24) is 4.98 Å². The molecule has 7 heteroatoms. The third-order valence-corrected chi connectivity index (χ3v) is 5.38. The van der Waals surface area contributed by atoms with Crippen molar-refractivity contribution in [1.29, 1.82) is 0 Å². The Balaban J connectivity index is 1.68. The van der Waals surface area contributed by atoms with Crippen LogP contribution in [-0.2, 0) is 11.3 Å². The summed E-state index contributed by atoms with van der Waals surface area (Å²) >= 11 is 12.5. The summed E-state index contributed by atoms with van der Waals surface area (Å²) in [6.45, 7) is 2.71. The minimum atomic E-state index is -0.420. The molecule has 1 aliphatic carbocycles. The normalized spacial score (nSPS) is 17.3. The van der Waals surface area contributed by atoms with Gasteiger partial charge in [0.25, 0.3) is 0 Å². The standard InChI is InChI=1S/C19H18Cl2N2O3/c1-2-25-18(24)16-5-4-14(10-22-16)23-11-12-8-13(20)9-15(21)17(12)26-19(23)6-3-7-19/h4-5,8-10H,2-3,6-7,11H2,1H3. The molecule has 0 saturated heterocycles. The molecular weight excluding hydrogens is 375 g/mol. The molecule has 1 aromatic heterocycles. The van der Waals surface area contributed by atoms with Gasteiger partial charge in [-0.1, -0.05) is 23.2 Å². The van der Waals surface area contributed by atoms with Crippen LogP contribution in [0.2, 0.25) is 10.0 Å². The van der Waals surface area contributed by atoms with Crippen molar-refractivity contribution in [3.05, 3.63) is 51.8 Å². The van der Waals surface area contributed by atoms with Gasteiger partial charge in [0.05, 0.1) is 30.1 Å². The number of hydrogen-bond acceptors (Lipinski definition) is 5. The van der Waals surface area contributed by atoms with Crippen LogP contribution in [0.4, 0.5) is 5.69 Å². The number of pyridine rings is 1. The van der Waals surface area contributed by atoms with Gasteiger partial charge in [-0.3, -0.25) is 0 Å². The molecule has 1 aliphatic heterocycles. The molecule has 1 aromatic carbocycles. The molecule has 0 N–H and O–H groups in total. The van der Waals surface area contributed by atoms with Crippen molar-refractivity contribution in [3.8, 4) is 5.75 Å². The van der Waals surface area contributed by atoms with Crippen molar-refractivity contribution in [3.63, 3.8) is 0 Å². The fourth-order valence-electron chi connectivity index (χ4n) is 3.45. The zero-order chi connectivity index (χ0) is 18.3. The number of carbonyl (C=O) groups is 1. The highest BCUT2D eigenvalue weighted by molar-refractivity contribution is 6.35. The molecule has 2 heterocycles. The fourth-order valence-corrected chi connectivity index (χ4v) is 4.03. The molecule has 2 aromatic rings. The van der Waals surface area contributed by atoms with Gasteiger partial charge in [0, 0.05) is 23.4 Å². The maximum atomic E-state index is 11.8. The lowest BCUT2D eigenvalue weighted by Crippen LogP contribution is -2.60. The van der Waals surface area contributed by atoms with Gasteiger partial charge in [-0.15, -0.1) is 0 Å². The van der Waals surface area contributed by atoms with Crippen molar-refractivity contribution >= 4 is 34.9 Å². The predicted molar refractivity (Wildman–Crippen MR) is 100 cm³/mol. The number of carbonyl (C=O) groups excluding carboxylic acids is 1. The molecule has 1 saturated carbocycles. The van der Waals surface area contributed by atoms with Crippen molar-refractivity contribution in [2.24, 2.45) is 0 Å². The average molecular weight is 393 g/mol. The Kier molecular flexibility index (Phi) is 4.45. The maximum Gasteiger partial charge on any atom is 0.356 e. The summed E-state index contributed by atoms with van der Waals surface area (Å²) in [5, 5.41) is 1.12. The van der Waals surface area contributed by atoms with Gasteiger partial charge in [-0.25, -0.2) is 9.78 Å². The first-order valence-corrected chi connectivity index (χ1v) is 9.36. The highest BCUT2D eigenvalue weighted by atomic mass is 35.5. The molecule has 0 radical (unpaired) electrons. The van der Waals surface area contributed by atoms with E-state index in [4.69, 9.17) is 32.7 Å². The molecule has 1 spiro atoms. The first-order valence-electron chi connectivity index (χ1n) is 8.60. The molecule has 1 fully saturated rings. The SMILES string of the molecule is CCOC(=O)c1ccc(N2Cc3cc(Cl)cc(Cl)c3OC23CCC3)cn1. The second kappa shape index (κ2) is 6.63. The third-order valence-electron chi connectivity index (χ3n) is 4.88. The van der Waals surface area contributed by atoms with Gasteiger partial charge in [0.1, 0.15) is 11.4 Å². The second-order valence-corrected chi connectivity index (χ2v) is 7.33. The molecule has 0 unspecified atom stereocenters. The number of halogens is 2. The lowest BCUT2D eigenvalue weighted by Gasteiger charge is -2.53. The number of fused-ring (bicyclic) bond motifs is 1. The summed E-state index contributed by atoms with van der Waals surface area (Å²) in [7, 11) is 0. The Hall–Kier alpha value is -1.98. The third kappa shape index (κ3) is 2.89. The smallest absolute Gasteiger partial charge is 0.356 e. The number of aromatic nitrogens is 1. The summed E-state index contributed by atoms with van der Waals surface area (Å²) < 4.78 is 11.3. The van der Waals surface area contributed by atoms with Crippen LogP contribution < -0.4 is 9.64 Å². The molecule has 0 atom stereocenters. The number of anilines is 1. The van der Waals surface area contributed by atoms with Gasteiger partial charge in [0.2, 0.25) is 0 Å². The Morgan fingerprint density at radius 3 is 2.77 bits per heavy atom. The van der Waals surface area contributed by atoms with Crippen LogP contribution in [0.25, 0.3) is 0 Å². The van der Waals surface area contributed by atoms with E-state index >= 15 is 0 Å². The van der Waals surface area contributed by atoms with Crippen LogP contribution in [0, 0.1) is 0 Å². The van der Waals surface area contributed by atoms with Crippen LogP contribution in [0.5, 0.6) is 5.75 Å². The lowest BCUT2D eigenvalue weighted by atomic mass is 9.84. The van der Waals surface area contributed by atoms with E-state index in [2.05, 4.69) is 9.88 Å². The molecule has 5 nitrogen and oxygen atoms in total. The lowest BCUT2D eigenvalue weighted by molar-refractivity contribution is -0.0219. The molecule has 4 rings (SSSR count). The van der Waals surface area contributed by atoms with Gasteiger partial charge < -0.3 is 14.4 Å². The monoisotopic (exact) mass is 392 g/mol. The van der Waals surface area contributed by atoms with E-state index in [9.17, 15) is 4.79 Å². The zero-order valence-electron chi connectivity index (χ0n) is 14.3. The fraction of sp³-hybridized carbons (Fsp3) is 0.368. The van der Waals surface area contributed by atoms with Crippen LogP contribution in [0.1, 0.15) is 42.2 Å². The van der Waals surface area contributed by atoms with Crippen LogP contribution in [0.3, 0.4) is 0 Å². The van der Waals surface area contributed by atoms with E-state index in [0.29, 0.717) is 34.6 Å². The number of esters is 1. The number of hydrogen-bond donors (Lipinski definition) is 0. The van der Waals surface area contributed by atoms with Crippen LogP contribution in [-0.4, -0.2) is 23.3 Å². The quantitative estimate of drug-likeness (QED) is 0.699. The summed E-state index contributed by atoms with van der Waals surface area (Å²) in [6.07, 6.45) is 4.59. The van der Waals surface area contributed by atoms with E-state index in [0.717, 1.165) is 30.5 Å². The minimum absolute atomic E-state index is 0.294. The highest BCUT2D eigenvalue weighted by Gasteiger charge is 2.48. The predicted octanol–water partition coefficient (Wildman–Crippen LogP) is 4.84. The topological polar surface area (TPSA) is 51.7 Å². The van der Waals surface area contributed by atoms with E-state index in [1.54, 1.807) is 25.3 Å². The molecule has 0 bridgehead atoms. The first kappa shape index (κ1) is 17.4. The molecule has 2 aliphatic rings. The number of rotatable bonds is 3. The second-order valence-electron chi connectivity index (χ2n) is 6.49. The summed E-state index contributed by atoms with van der Waals surface area (Å²) in [5.74, 6) is 0.291. The van der Waals surface area contributed by atoms with Crippen LogP contribution in [0.15, 0.2) is 30.5 Å². The maximum absolute atomic E-state index is 11.8. The summed E-state index contributed by atoms with van der Waals surface area (Å²) in [5.41, 5.74) is 1.70. The van der Waals surface area contributed by atoms with E-state index in [1.807, 2.05) is 12.1 Å². The number of ether oxygens (including phenoxy) is 2.